The van der Waals surface area contributed by atoms with Crippen molar-refractivity contribution < 1.29 is 32.3 Å². The number of ether oxygens (including phenoxy) is 1. The lowest BCUT2D eigenvalue weighted by Crippen LogP contribution is -2.47. The highest BCUT2D eigenvalue weighted by atomic mass is 19.4. The Labute approximate surface area is 153 Å². The van der Waals surface area contributed by atoms with Crippen LogP contribution in [0.15, 0.2) is 24.3 Å². The van der Waals surface area contributed by atoms with E-state index in [1.165, 1.54) is 24.3 Å². The summed E-state index contributed by atoms with van der Waals surface area (Å²) in [4.78, 5) is 35.6. The number of nitrogens with two attached hydrogens (primary N) is 1. The molecule has 1 aromatic rings. The number of rotatable bonds is 7. The van der Waals surface area contributed by atoms with Gasteiger partial charge in [0.25, 0.3) is 5.91 Å². The summed E-state index contributed by atoms with van der Waals surface area (Å²) in [7, 11) is 0. The van der Waals surface area contributed by atoms with E-state index in [1.54, 1.807) is 6.92 Å². The van der Waals surface area contributed by atoms with Gasteiger partial charge in [-0.3, -0.25) is 4.79 Å². The summed E-state index contributed by atoms with van der Waals surface area (Å²) in [5.74, 6) is -1.72. The maximum absolute atomic E-state index is 12.8. The van der Waals surface area contributed by atoms with Crippen LogP contribution in [0.2, 0.25) is 0 Å². The van der Waals surface area contributed by atoms with Crippen LogP contribution in [0.1, 0.15) is 30.1 Å². The molecule has 1 aliphatic rings. The Balaban J connectivity index is 1.94. The van der Waals surface area contributed by atoms with Crippen molar-refractivity contribution in [2.24, 2.45) is 11.7 Å². The second-order valence-electron chi connectivity index (χ2n) is 6.36. The molecule has 1 fully saturated rings. The topological polar surface area (TPSA) is 102 Å². The summed E-state index contributed by atoms with van der Waals surface area (Å²) in [6.07, 6.45) is -2.99. The van der Waals surface area contributed by atoms with E-state index in [9.17, 15) is 27.6 Å². The number of halogens is 3. The number of primary amides is 1. The van der Waals surface area contributed by atoms with Crippen LogP contribution in [0.3, 0.4) is 0 Å². The van der Waals surface area contributed by atoms with Gasteiger partial charge in [-0.2, -0.15) is 13.2 Å². The van der Waals surface area contributed by atoms with E-state index in [0.29, 0.717) is 10.6 Å². The van der Waals surface area contributed by atoms with Gasteiger partial charge < -0.3 is 20.7 Å². The molecule has 0 radical (unpaired) electrons. The zero-order valence-corrected chi connectivity index (χ0v) is 14.6. The average molecular weight is 387 g/mol. The Hall–Kier alpha value is -2.78. The van der Waals surface area contributed by atoms with Crippen LogP contribution < -0.4 is 11.1 Å². The van der Waals surface area contributed by atoms with E-state index in [0.717, 1.165) is 12.8 Å². The van der Waals surface area contributed by atoms with Gasteiger partial charge in [-0.05, 0) is 49.9 Å². The molecule has 7 nitrogen and oxygen atoms in total. The number of urea groups is 1. The molecule has 0 saturated heterocycles. The van der Waals surface area contributed by atoms with Gasteiger partial charge >= 0.3 is 18.2 Å². The van der Waals surface area contributed by atoms with Crippen molar-refractivity contribution in [2.75, 3.05) is 18.5 Å². The number of benzene rings is 1. The average Bonchev–Trinajstić information content (AvgIpc) is 3.41. The number of carbonyl (C=O) groups excluding carboxylic acids is 3. The highest BCUT2D eigenvalue weighted by Gasteiger charge is 2.40. The number of alkyl halides is 3. The molecule has 0 spiro atoms. The second-order valence-corrected chi connectivity index (χ2v) is 6.36. The van der Waals surface area contributed by atoms with Gasteiger partial charge in [-0.25, -0.2) is 9.59 Å². The number of hydrogen-bond donors (Lipinski definition) is 2. The van der Waals surface area contributed by atoms with E-state index < -0.39 is 43.3 Å². The minimum atomic E-state index is -4.54. The SMILES string of the molecule is C[C@H](C1CC1)N(CC(F)(F)F)C(=O)COC(=O)c1ccc(NC(N)=O)cc1. The number of esters is 1. The normalized spacial score (nSPS) is 15.0. The fraction of sp³-hybridized carbons (Fsp3) is 0.471. The molecule has 3 amide bonds. The van der Waals surface area contributed by atoms with E-state index in [1.807, 2.05) is 0 Å². The molecule has 0 unspecified atom stereocenters. The Morgan fingerprint density at radius 3 is 2.33 bits per heavy atom. The third-order valence-electron chi connectivity index (χ3n) is 4.18. The molecule has 0 aliphatic heterocycles. The first-order valence-electron chi connectivity index (χ1n) is 8.26. The number of nitrogens with zero attached hydrogens (tertiary/aromatic N) is 1. The summed E-state index contributed by atoms with van der Waals surface area (Å²) >= 11 is 0. The van der Waals surface area contributed by atoms with Gasteiger partial charge in [-0.1, -0.05) is 0 Å². The van der Waals surface area contributed by atoms with Crippen molar-refractivity contribution in [1.82, 2.24) is 4.90 Å². The maximum atomic E-state index is 12.8. The highest BCUT2D eigenvalue weighted by Crippen LogP contribution is 2.36. The quantitative estimate of drug-likeness (QED) is 0.702. The fourth-order valence-corrected chi connectivity index (χ4v) is 2.61. The standard InChI is InChI=1S/C17H20F3N3O4/c1-10(11-2-3-11)23(9-17(18,19)20)14(24)8-27-15(25)12-4-6-13(7-5-12)22-16(21)26/h4-7,10-11H,2-3,8-9H2,1H3,(H3,21,22,26)/t10-/m1/s1. The number of nitrogens with one attached hydrogen (secondary N) is 1. The molecule has 1 aliphatic carbocycles. The van der Waals surface area contributed by atoms with Crippen molar-refractivity contribution in [2.45, 2.75) is 32.0 Å². The van der Waals surface area contributed by atoms with Gasteiger partial charge in [0.1, 0.15) is 6.54 Å². The molecular formula is C17H20F3N3O4. The molecular weight excluding hydrogens is 367 g/mol. The van der Waals surface area contributed by atoms with Gasteiger partial charge in [0.15, 0.2) is 6.61 Å². The van der Waals surface area contributed by atoms with Crippen LogP contribution in [-0.2, 0) is 9.53 Å². The zero-order chi connectivity index (χ0) is 20.2. The maximum Gasteiger partial charge on any atom is 0.406 e. The molecule has 0 heterocycles. The van der Waals surface area contributed by atoms with Crippen LogP contribution in [-0.4, -0.2) is 48.2 Å². The minimum Gasteiger partial charge on any atom is -0.452 e. The van der Waals surface area contributed by atoms with Crippen LogP contribution in [0.4, 0.5) is 23.7 Å². The first kappa shape index (κ1) is 20.5. The molecule has 10 heteroatoms. The van der Waals surface area contributed by atoms with Crippen LogP contribution in [0, 0.1) is 5.92 Å². The van der Waals surface area contributed by atoms with Crippen molar-refractivity contribution in [3.8, 4) is 0 Å². The summed E-state index contributed by atoms with van der Waals surface area (Å²) in [6, 6.07) is 4.11. The first-order chi connectivity index (χ1) is 12.6. The number of anilines is 1. The second kappa shape index (κ2) is 8.28. The number of hydrogen-bond acceptors (Lipinski definition) is 4. The van der Waals surface area contributed by atoms with Crippen LogP contribution in [0.25, 0.3) is 0 Å². The van der Waals surface area contributed by atoms with Gasteiger partial charge in [0, 0.05) is 11.7 Å². The largest absolute Gasteiger partial charge is 0.452 e. The summed E-state index contributed by atoms with van der Waals surface area (Å²) in [6.45, 7) is -0.602. The molecule has 1 saturated carbocycles. The minimum absolute atomic E-state index is 0.0392. The molecule has 148 valence electrons. The van der Waals surface area contributed by atoms with Gasteiger partial charge in [-0.15, -0.1) is 0 Å². The molecule has 0 bridgehead atoms. The lowest BCUT2D eigenvalue weighted by Gasteiger charge is -2.30. The zero-order valence-electron chi connectivity index (χ0n) is 14.6. The Kier molecular flexibility index (Phi) is 6.29. The lowest BCUT2D eigenvalue weighted by atomic mass is 10.2. The van der Waals surface area contributed by atoms with Crippen molar-refractivity contribution >= 4 is 23.6 Å². The first-order valence-corrected chi connectivity index (χ1v) is 8.26. The Morgan fingerprint density at radius 2 is 1.85 bits per heavy atom. The van der Waals surface area contributed by atoms with Gasteiger partial charge in [0.05, 0.1) is 5.56 Å². The molecule has 1 atom stereocenters. The van der Waals surface area contributed by atoms with Crippen molar-refractivity contribution in [1.29, 1.82) is 0 Å². The van der Waals surface area contributed by atoms with Gasteiger partial charge in [0.2, 0.25) is 0 Å². The number of amides is 3. The van der Waals surface area contributed by atoms with E-state index in [2.05, 4.69) is 5.32 Å². The number of carbonyl (C=O) groups is 3. The predicted octanol–water partition coefficient (Wildman–Crippen LogP) is 2.52. The van der Waals surface area contributed by atoms with Crippen LogP contribution >= 0.6 is 0 Å². The third-order valence-corrected chi connectivity index (χ3v) is 4.18. The lowest BCUT2D eigenvalue weighted by molar-refractivity contribution is -0.167. The van der Waals surface area contributed by atoms with E-state index >= 15 is 0 Å². The highest BCUT2D eigenvalue weighted by molar-refractivity contribution is 5.93. The van der Waals surface area contributed by atoms with E-state index in [4.69, 9.17) is 10.5 Å². The predicted molar refractivity (Wildman–Crippen MR) is 89.9 cm³/mol. The van der Waals surface area contributed by atoms with Crippen molar-refractivity contribution in [3.05, 3.63) is 29.8 Å². The Morgan fingerprint density at radius 1 is 1.26 bits per heavy atom. The molecule has 2 rings (SSSR count). The Bertz CT molecular complexity index is 702. The smallest absolute Gasteiger partial charge is 0.406 e. The monoisotopic (exact) mass is 387 g/mol. The third kappa shape index (κ3) is 6.46. The van der Waals surface area contributed by atoms with E-state index in [-0.39, 0.29) is 11.5 Å². The summed E-state index contributed by atoms with van der Waals surface area (Å²) in [5, 5.41) is 2.31. The molecule has 3 N–H and O–H groups in total. The van der Waals surface area contributed by atoms with Crippen LogP contribution in [0.5, 0.6) is 0 Å². The molecule has 27 heavy (non-hydrogen) atoms. The summed E-state index contributed by atoms with van der Waals surface area (Å²) in [5.41, 5.74) is 5.39. The molecule has 1 aromatic carbocycles. The summed E-state index contributed by atoms with van der Waals surface area (Å²) < 4.78 is 43.1. The van der Waals surface area contributed by atoms with Crippen molar-refractivity contribution in [3.63, 3.8) is 0 Å². The fourth-order valence-electron chi connectivity index (χ4n) is 2.61. The molecule has 0 aromatic heterocycles.